The Labute approximate surface area is 114 Å². The molecule has 3 heteroatoms. The van der Waals surface area contributed by atoms with E-state index in [2.05, 4.69) is 18.7 Å². The third kappa shape index (κ3) is 3.04. The van der Waals surface area contributed by atoms with Gasteiger partial charge in [-0.2, -0.15) is 0 Å². The van der Waals surface area contributed by atoms with Crippen LogP contribution in [0.1, 0.15) is 37.0 Å². The lowest BCUT2D eigenvalue weighted by molar-refractivity contribution is 0.0922. The first-order valence-corrected chi connectivity index (χ1v) is 6.83. The Balaban J connectivity index is 2.12. The zero-order valence-corrected chi connectivity index (χ0v) is 11.8. The van der Waals surface area contributed by atoms with Crippen molar-refractivity contribution in [3.05, 3.63) is 36.1 Å². The minimum Gasteiger partial charge on any atom is -0.464 e. The minimum absolute atomic E-state index is 0.121. The molecular weight excluding hydrogens is 238 g/mol. The molecule has 1 atom stereocenters. The van der Waals surface area contributed by atoms with Crippen molar-refractivity contribution in [1.82, 2.24) is 4.90 Å². The van der Waals surface area contributed by atoms with Crippen LogP contribution in [0.15, 0.2) is 34.9 Å². The van der Waals surface area contributed by atoms with Gasteiger partial charge >= 0.3 is 0 Å². The molecule has 2 aromatic rings. The number of fused-ring (bicyclic) bond motifs is 1. The molecule has 0 saturated carbocycles. The molecule has 0 fully saturated rings. The highest BCUT2D eigenvalue weighted by Crippen LogP contribution is 2.21. The predicted molar refractivity (Wildman–Crippen MR) is 77.5 cm³/mol. The SMILES string of the molecule is CCCC(C)N(C)CC(=O)c1coc2ccccc12. The van der Waals surface area contributed by atoms with Crippen molar-refractivity contribution in [1.29, 1.82) is 0 Å². The fourth-order valence-corrected chi connectivity index (χ4v) is 2.30. The molecule has 0 amide bonds. The molecule has 102 valence electrons. The average Bonchev–Trinajstić information content (AvgIpc) is 2.82. The van der Waals surface area contributed by atoms with Gasteiger partial charge in [-0.3, -0.25) is 9.69 Å². The largest absolute Gasteiger partial charge is 0.464 e. The van der Waals surface area contributed by atoms with Gasteiger partial charge < -0.3 is 4.42 Å². The molecule has 3 nitrogen and oxygen atoms in total. The molecule has 1 heterocycles. The van der Waals surface area contributed by atoms with E-state index in [1.165, 1.54) is 0 Å². The van der Waals surface area contributed by atoms with Gasteiger partial charge in [0.2, 0.25) is 0 Å². The monoisotopic (exact) mass is 259 g/mol. The van der Waals surface area contributed by atoms with Crippen LogP contribution in [0.25, 0.3) is 11.0 Å². The summed E-state index contributed by atoms with van der Waals surface area (Å²) in [5, 5.41) is 0.907. The summed E-state index contributed by atoms with van der Waals surface area (Å²) in [5.74, 6) is 0.121. The zero-order chi connectivity index (χ0) is 13.8. The van der Waals surface area contributed by atoms with Gasteiger partial charge in [0.05, 0.1) is 12.1 Å². The molecule has 1 aromatic heterocycles. The van der Waals surface area contributed by atoms with Crippen LogP contribution < -0.4 is 0 Å². The Morgan fingerprint density at radius 1 is 1.37 bits per heavy atom. The number of Topliss-reactive ketones (excluding diaryl/α,β-unsaturated/α-hetero) is 1. The molecule has 0 aliphatic heterocycles. The predicted octanol–water partition coefficient (Wildman–Crippen LogP) is 3.74. The van der Waals surface area contributed by atoms with E-state index in [-0.39, 0.29) is 5.78 Å². The van der Waals surface area contributed by atoms with E-state index in [1.807, 2.05) is 31.3 Å². The molecule has 0 N–H and O–H groups in total. The maximum Gasteiger partial charge on any atom is 0.180 e. The number of hydrogen-bond donors (Lipinski definition) is 0. The summed E-state index contributed by atoms with van der Waals surface area (Å²) < 4.78 is 5.42. The lowest BCUT2D eigenvalue weighted by Crippen LogP contribution is -2.33. The van der Waals surface area contributed by atoms with Crippen LogP contribution in [0.5, 0.6) is 0 Å². The summed E-state index contributed by atoms with van der Waals surface area (Å²) in [5.41, 5.74) is 1.46. The molecule has 0 saturated heterocycles. The first-order chi connectivity index (χ1) is 9.13. The van der Waals surface area contributed by atoms with E-state index in [0.29, 0.717) is 18.2 Å². The molecule has 19 heavy (non-hydrogen) atoms. The smallest absolute Gasteiger partial charge is 0.180 e. The van der Waals surface area contributed by atoms with Gasteiger partial charge in [-0.1, -0.05) is 31.5 Å². The second kappa shape index (κ2) is 6.02. The third-order valence-corrected chi connectivity index (χ3v) is 3.63. The Morgan fingerprint density at radius 3 is 2.84 bits per heavy atom. The van der Waals surface area contributed by atoms with Crippen LogP contribution in [-0.2, 0) is 0 Å². The summed E-state index contributed by atoms with van der Waals surface area (Å²) in [6, 6.07) is 8.08. The Morgan fingerprint density at radius 2 is 2.11 bits per heavy atom. The van der Waals surface area contributed by atoms with Crippen molar-refractivity contribution in [2.45, 2.75) is 32.7 Å². The number of benzene rings is 1. The number of rotatable bonds is 6. The molecular formula is C16H21NO2. The highest BCUT2D eigenvalue weighted by molar-refractivity contribution is 6.08. The first-order valence-electron chi connectivity index (χ1n) is 6.83. The molecule has 0 bridgehead atoms. The number of carbonyl (C=O) groups excluding carboxylic acids is 1. The van der Waals surface area contributed by atoms with E-state index < -0.39 is 0 Å². The maximum atomic E-state index is 12.3. The van der Waals surface area contributed by atoms with Gasteiger partial charge in [-0.05, 0) is 26.5 Å². The van der Waals surface area contributed by atoms with Crippen molar-refractivity contribution in [2.24, 2.45) is 0 Å². The molecule has 2 rings (SSSR count). The zero-order valence-electron chi connectivity index (χ0n) is 11.8. The first kappa shape index (κ1) is 13.8. The normalized spacial score (nSPS) is 13.1. The highest BCUT2D eigenvalue weighted by Gasteiger charge is 2.17. The number of hydrogen-bond acceptors (Lipinski definition) is 3. The van der Waals surface area contributed by atoms with Gasteiger partial charge in [0.1, 0.15) is 11.8 Å². The summed E-state index contributed by atoms with van der Waals surface area (Å²) in [4.78, 5) is 14.4. The van der Waals surface area contributed by atoms with Gasteiger partial charge in [-0.15, -0.1) is 0 Å². The number of nitrogens with zero attached hydrogens (tertiary/aromatic N) is 1. The Kier molecular flexibility index (Phi) is 4.38. The topological polar surface area (TPSA) is 33.5 Å². The molecule has 0 spiro atoms. The van der Waals surface area contributed by atoms with Crippen molar-refractivity contribution in [2.75, 3.05) is 13.6 Å². The number of likely N-dealkylation sites (N-methyl/N-ethyl adjacent to an activating group) is 1. The van der Waals surface area contributed by atoms with Gasteiger partial charge in [-0.25, -0.2) is 0 Å². The minimum atomic E-state index is 0.121. The molecule has 1 unspecified atom stereocenters. The second-order valence-electron chi connectivity index (χ2n) is 5.12. The van der Waals surface area contributed by atoms with E-state index in [4.69, 9.17) is 4.42 Å². The molecule has 1 aromatic carbocycles. The van der Waals surface area contributed by atoms with E-state index >= 15 is 0 Å². The van der Waals surface area contributed by atoms with Crippen molar-refractivity contribution in [3.8, 4) is 0 Å². The second-order valence-corrected chi connectivity index (χ2v) is 5.12. The number of carbonyl (C=O) groups is 1. The number of ketones is 1. The lowest BCUT2D eigenvalue weighted by Gasteiger charge is -2.23. The average molecular weight is 259 g/mol. The number of furan rings is 1. The summed E-state index contributed by atoms with van der Waals surface area (Å²) >= 11 is 0. The summed E-state index contributed by atoms with van der Waals surface area (Å²) in [6.45, 7) is 4.75. The molecule has 0 aliphatic rings. The fourth-order valence-electron chi connectivity index (χ4n) is 2.30. The van der Waals surface area contributed by atoms with Crippen molar-refractivity contribution in [3.63, 3.8) is 0 Å². The maximum absolute atomic E-state index is 12.3. The summed E-state index contributed by atoms with van der Waals surface area (Å²) in [6.07, 6.45) is 3.82. The third-order valence-electron chi connectivity index (χ3n) is 3.63. The highest BCUT2D eigenvalue weighted by atomic mass is 16.3. The lowest BCUT2D eigenvalue weighted by atomic mass is 10.1. The van der Waals surface area contributed by atoms with Gasteiger partial charge in [0, 0.05) is 11.4 Å². The standard InChI is InChI=1S/C16H21NO2/c1-4-7-12(2)17(3)10-15(18)14-11-19-16-9-6-5-8-13(14)16/h5-6,8-9,11-12H,4,7,10H2,1-3H3. The van der Waals surface area contributed by atoms with Crippen LogP contribution in [-0.4, -0.2) is 30.3 Å². The number of para-hydroxylation sites is 1. The fraction of sp³-hybridized carbons (Fsp3) is 0.438. The van der Waals surface area contributed by atoms with E-state index in [1.54, 1.807) is 6.26 Å². The van der Waals surface area contributed by atoms with Crippen LogP contribution in [0.2, 0.25) is 0 Å². The van der Waals surface area contributed by atoms with Gasteiger partial charge in [0.25, 0.3) is 0 Å². The van der Waals surface area contributed by atoms with E-state index in [0.717, 1.165) is 23.8 Å². The van der Waals surface area contributed by atoms with Crippen LogP contribution >= 0.6 is 0 Å². The Bertz CT molecular complexity index is 559. The van der Waals surface area contributed by atoms with Crippen molar-refractivity contribution < 1.29 is 9.21 Å². The summed E-state index contributed by atoms with van der Waals surface area (Å²) in [7, 11) is 2.00. The van der Waals surface area contributed by atoms with Crippen LogP contribution in [0, 0.1) is 0 Å². The Hall–Kier alpha value is -1.61. The quantitative estimate of drug-likeness (QED) is 0.741. The molecule has 0 aliphatic carbocycles. The molecule has 0 radical (unpaired) electrons. The van der Waals surface area contributed by atoms with Crippen molar-refractivity contribution >= 4 is 16.8 Å². The van der Waals surface area contributed by atoms with Crippen LogP contribution in [0.3, 0.4) is 0 Å². The van der Waals surface area contributed by atoms with Crippen LogP contribution in [0.4, 0.5) is 0 Å². The van der Waals surface area contributed by atoms with Gasteiger partial charge in [0.15, 0.2) is 5.78 Å². The van der Waals surface area contributed by atoms with E-state index in [9.17, 15) is 4.79 Å².